The molecular formula is C13H19NO2. The highest BCUT2D eigenvalue weighted by atomic mass is 16.5. The quantitative estimate of drug-likeness (QED) is 0.847. The molecule has 2 rings (SSSR count). The van der Waals surface area contributed by atoms with E-state index in [2.05, 4.69) is 11.9 Å². The summed E-state index contributed by atoms with van der Waals surface area (Å²) in [4.78, 5) is 2.37. The molecule has 1 aromatic carbocycles. The minimum Gasteiger partial charge on any atom is -0.508 e. The molecule has 0 atom stereocenters. The summed E-state index contributed by atoms with van der Waals surface area (Å²) in [5.74, 6) is 0.331. The fourth-order valence-electron chi connectivity index (χ4n) is 2.14. The van der Waals surface area contributed by atoms with Crippen molar-refractivity contribution in [3.8, 4) is 5.75 Å². The van der Waals surface area contributed by atoms with Crippen molar-refractivity contribution < 1.29 is 9.84 Å². The van der Waals surface area contributed by atoms with Gasteiger partial charge in [0.05, 0.1) is 0 Å². The number of nitrogens with zero attached hydrogens (tertiary/aromatic N) is 1. The van der Waals surface area contributed by atoms with Crippen molar-refractivity contribution in [3.63, 3.8) is 0 Å². The predicted octanol–water partition coefficient (Wildman–Crippen LogP) is 2.00. The van der Waals surface area contributed by atoms with Gasteiger partial charge in [-0.1, -0.05) is 12.1 Å². The van der Waals surface area contributed by atoms with Gasteiger partial charge in [0.15, 0.2) is 0 Å². The van der Waals surface area contributed by atoms with E-state index in [4.69, 9.17) is 4.74 Å². The van der Waals surface area contributed by atoms with E-state index < -0.39 is 0 Å². The second kappa shape index (κ2) is 5.32. The first-order valence-corrected chi connectivity index (χ1v) is 5.81. The summed E-state index contributed by atoms with van der Waals surface area (Å²) in [6, 6.07) is 8.07. The van der Waals surface area contributed by atoms with Crippen LogP contribution in [0.15, 0.2) is 24.3 Å². The van der Waals surface area contributed by atoms with Crippen molar-refractivity contribution in [2.75, 3.05) is 20.3 Å². The smallest absolute Gasteiger partial charge is 0.115 e. The van der Waals surface area contributed by atoms with E-state index in [1.165, 1.54) is 5.56 Å². The Labute approximate surface area is 96.6 Å². The van der Waals surface area contributed by atoms with E-state index in [9.17, 15) is 5.11 Å². The lowest BCUT2D eigenvalue weighted by Gasteiger charge is -2.31. The molecule has 1 aliphatic rings. The third-order valence-corrected chi connectivity index (χ3v) is 3.18. The molecule has 1 aromatic rings. The van der Waals surface area contributed by atoms with Crippen molar-refractivity contribution in [1.29, 1.82) is 0 Å². The molecule has 3 nitrogen and oxygen atoms in total. The van der Waals surface area contributed by atoms with Crippen LogP contribution in [0.25, 0.3) is 0 Å². The van der Waals surface area contributed by atoms with Crippen LogP contribution in [-0.4, -0.2) is 36.3 Å². The third kappa shape index (κ3) is 2.97. The van der Waals surface area contributed by atoms with Crippen LogP contribution in [0.5, 0.6) is 5.75 Å². The predicted molar refractivity (Wildman–Crippen MR) is 63.4 cm³/mol. The van der Waals surface area contributed by atoms with E-state index in [1.807, 2.05) is 12.1 Å². The summed E-state index contributed by atoms with van der Waals surface area (Å²) in [5.41, 5.74) is 1.24. The first-order valence-electron chi connectivity index (χ1n) is 5.81. The second-order valence-corrected chi connectivity index (χ2v) is 4.43. The van der Waals surface area contributed by atoms with Crippen LogP contribution in [0.2, 0.25) is 0 Å². The molecule has 3 heteroatoms. The standard InChI is InChI=1S/C13H19NO2/c1-14(12-6-8-16-9-7-12)10-11-2-4-13(15)5-3-11/h2-5,12,15H,6-10H2,1H3. The van der Waals surface area contributed by atoms with Gasteiger partial charge in [-0.25, -0.2) is 0 Å². The molecule has 0 spiro atoms. The lowest BCUT2D eigenvalue weighted by Crippen LogP contribution is -2.36. The molecule has 0 bridgehead atoms. The molecule has 0 unspecified atom stereocenters. The monoisotopic (exact) mass is 221 g/mol. The minimum absolute atomic E-state index is 0.331. The van der Waals surface area contributed by atoms with Crippen molar-refractivity contribution in [3.05, 3.63) is 29.8 Å². The lowest BCUT2D eigenvalue weighted by atomic mass is 10.1. The minimum atomic E-state index is 0.331. The maximum atomic E-state index is 9.21. The first kappa shape index (κ1) is 11.4. The third-order valence-electron chi connectivity index (χ3n) is 3.18. The highest BCUT2D eigenvalue weighted by Gasteiger charge is 2.18. The van der Waals surface area contributed by atoms with Gasteiger partial charge >= 0.3 is 0 Å². The average molecular weight is 221 g/mol. The highest BCUT2D eigenvalue weighted by Crippen LogP contribution is 2.17. The van der Waals surface area contributed by atoms with Gasteiger partial charge in [-0.3, -0.25) is 4.90 Å². The maximum Gasteiger partial charge on any atom is 0.115 e. The van der Waals surface area contributed by atoms with Gasteiger partial charge in [0.1, 0.15) is 5.75 Å². The molecule has 1 heterocycles. The highest BCUT2D eigenvalue weighted by molar-refractivity contribution is 5.25. The number of phenols is 1. The average Bonchev–Trinajstić information content (AvgIpc) is 2.33. The van der Waals surface area contributed by atoms with E-state index in [-0.39, 0.29) is 0 Å². The zero-order chi connectivity index (χ0) is 11.4. The zero-order valence-electron chi connectivity index (χ0n) is 9.72. The summed E-state index contributed by atoms with van der Waals surface area (Å²) in [7, 11) is 2.16. The molecular weight excluding hydrogens is 202 g/mol. The van der Waals surface area contributed by atoms with Crippen molar-refractivity contribution in [2.45, 2.75) is 25.4 Å². The zero-order valence-corrected chi connectivity index (χ0v) is 9.72. The first-order chi connectivity index (χ1) is 7.75. The van der Waals surface area contributed by atoms with Crippen molar-refractivity contribution in [2.24, 2.45) is 0 Å². The number of hydrogen-bond donors (Lipinski definition) is 1. The number of phenolic OH excluding ortho intramolecular Hbond substituents is 1. The van der Waals surface area contributed by atoms with E-state index in [0.717, 1.165) is 32.6 Å². The lowest BCUT2D eigenvalue weighted by molar-refractivity contribution is 0.0407. The Kier molecular flexibility index (Phi) is 3.80. The normalized spacial score (nSPS) is 17.9. The van der Waals surface area contributed by atoms with Crippen LogP contribution in [-0.2, 0) is 11.3 Å². The van der Waals surface area contributed by atoms with Gasteiger partial charge in [-0.05, 0) is 37.6 Å². The number of benzene rings is 1. The molecule has 0 saturated carbocycles. The largest absolute Gasteiger partial charge is 0.508 e. The Morgan fingerprint density at radius 1 is 1.25 bits per heavy atom. The topological polar surface area (TPSA) is 32.7 Å². The molecule has 0 aromatic heterocycles. The van der Waals surface area contributed by atoms with E-state index in [1.54, 1.807) is 12.1 Å². The van der Waals surface area contributed by atoms with Crippen LogP contribution in [0.4, 0.5) is 0 Å². The molecule has 16 heavy (non-hydrogen) atoms. The van der Waals surface area contributed by atoms with Gasteiger partial charge in [0.25, 0.3) is 0 Å². The summed E-state index contributed by atoms with van der Waals surface area (Å²) in [6.45, 7) is 2.69. The second-order valence-electron chi connectivity index (χ2n) is 4.43. The van der Waals surface area contributed by atoms with Crippen LogP contribution in [0.1, 0.15) is 18.4 Å². The van der Waals surface area contributed by atoms with Crippen LogP contribution in [0, 0.1) is 0 Å². The fourth-order valence-corrected chi connectivity index (χ4v) is 2.14. The number of ether oxygens (including phenoxy) is 1. The molecule has 0 amide bonds. The number of aromatic hydroxyl groups is 1. The van der Waals surface area contributed by atoms with Crippen molar-refractivity contribution in [1.82, 2.24) is 4.90 Å². The molecule has 0 radical (unpaired) electrons. The van der Waals surface area contributed by atoms with Gasteiger partial charge in [-0.15, -0.1) is 0 Å². The van der Waals surface area contributed by atoms with Crippen molar-refractivity contribution >= 4 is 0 Å². The maximum absolute atomic E-state index is 9.21. The van der Waals surface area contributed by atoms with Crippen LogP contribution in [0.3, 0.4) is 0 Å². The Balaban J connectivity index is 1.90. The summed E-state index contributed by atoms with van der Waals surface area (Å²) in [6.07, 6.45) is 2.24. The van der Waals surface area contributed by atoms with Crippen LogP contribution < -0.4 is 0 Å². The van der Waals surface area contributed by atoms with E-state index in [0.29, 0.717) is 11.8 Å². The fraction of sp³-hybridized carbons (Fsp3) is 0.538. The van der Waals surface area contributed by atoms with E-state index >= 15 is 0 Å². The molecule has 0 aliphatic carbocycles. The summed E-state index contributed by atoms with van der Waals surface area (Å²) in [5, 5.41) is 9.21. The summed E-state index contributed by atoms with van der Waals surface area (Å²) >= 11 is 0. The Bertz CT molecular complexity index is 317. The van der Waals surface area contributed by atoms with Gasteiger partial charge in [0.2, 0.25) is 0 Å². The van der Waals surface area contributed by atoms with Crippen LogP contribution >= 0.6 is 0 Å². The molecule has 1 saturated heterocycles. The van der Waals surface area contributed by atoms with Gasteiger partial charge in [-0.2, -0.15) is 0 Å². The Morgan fingerprint density at radius 2 is 1.88 bits per heavy atom. The molecule has 1 N–H and O–H groups in total. The summed E-state index contributed by atoms with van der Waals surface area (Å²) < 4.78 is 5.36. The molecule has 88 valence electrons. The van der Waals surface area contributed by atoms with Gasteiger partial charge < -0.3 is 9.84 Å². The number of rotatable bonds is 3. The van der Waals surface area contributed by atoms with Gasteiger partial charge in [0, 0.05) is 25.8 Å². The molecule has 1 aliphatic heterocycles. The number of hydrogen-bond acceptors (Lipinski definition) is 3. The Hall–Kier alpha value is -1.06. The molecule has 1 fully saturated rings. The SMILES string of the molecule is CN(Cc1ccc(O)cc1)C1CCOCC1. The Morgan fingerprint density at radius 3 is 2.50 bits per heavy atom.